The van der Waals surface area contributed by atoms with Gasteiger partial charge in [0.1, 0.15) is 0 Å². The van der Waals surface area contributed by atoms with E-state index >= 15 is 0 Å². The number of hydrogen-bond acceptors (Lipinski definition) is 2. The second-order valence-corrected chi connectivity index (χ2v) is 11.0. The van der Waals surface area contributed by atoms with Crippen LogP contribution in [0.5, 0.6) is 0 Å². The average molecular weight is 703 g/mol. The highest BCUT2D eigenvalue weighted by atomic mass is 127. The molecule has 0 aliphatic rings. The predicted octanol–water partition coefficient (Wildman–Crippen LogP) is 7.55. The van der Waals surface area contributed by atoms with Crippen LogP contribution in [0.2, 0.25) is 13.6 Å². The molecule has 0 aliphatic carbocycles. The second kappa shape index (κ2) is 10.9. The molecule has 5 rings (SSSR count). The van der Waals surface area contributed by atoms with Crippen molar-refractivity contribution in [2.45, 2.75) is 13.6 Å². The van der Waals surface area contributed by atoms with Crippen LogP contribution in [0.25, 0.3) is 37.8 Å². The van der Waals surface area contributed by atoms with Crippen molar-refractivity contribution in [1.29, 1.82) is 0 Å². The normalized spacial score (nSPS) is 10.7. The van der Waals surface area contributed by atoms with Crippen LogP contribution >= 0.6 is 54.5 Å². The zero-order valence-corrected chi connectivity index (χ0v) is 24.3. The topological polar surface area (TPSA) is 54.7 Å². The molecule has 0 fully saturated rings. The Balaban J connectivity index is 0.000000179. The number of fused-ring (bicyclic) bond motifs is 2. The van der Waals surface area contributed by atoms with Crippen LogP contribution in [0.4, 0.5) is 5.69 Å². The molecule has 5 aromatic rings. The molecule has 3 aromatic carbocycles. The molecule has 2 N–H and O–H groups in total. The molecule has 174 valence electrons. The van der Waals surface area contributed by atoms with Crippen molar-refractivity contribution in [2.24, 2.45) is 0 Å². The van der Waals surface area contributed by atoms with Crippen molar-refractivity contribution in [1.82, 2.24) is 8.96 Å². The summed E-state index contributed by atoms with van der Waals surface area (Å²) in [7, 11) is -1.11. The fraction of sp³-hybridized carbons (Fsp3) is 0.0800. The second-order valence-electron chi connectivity index (χ2n) is 8.05. The van der Waals surface area contributed by atoms with Crippen LogP contribution in [-0.4, -0.2) is 33.1 Å². The lowest BCUT2D eigenvalue weighted by Crippen LogP contribution is -2.17. The van der Waals surface area contributed by atoms with Crippen LogP contribution in [0, 0.1) is 10.1 Å². The van der Waals surface area contributed by atoms with E-state index in [9.17, 15) is 10.0 Å². The van der Waals surface area contributed by atoms with E-state index in [1.165, 1.54) is 5.39 Å². The third-order valence-corrected chi connectivity index (χ3v) is 7.51. The first-order valence-electron chi connectivity index (χ1n) is 10.8. The summed E-state index contributed by atoms with van der Waals surface area (Å²) < 4.78 is 6.87. The number of aromatic nitrogens is 2. The van der Waals surface area contributed by atoms with Crippen LogP contribution in [0.3, 0.4) is 0 Å². The van der Waals surface area contributed by atoms with E-state index in [1.54, 1.807) is 13.6 Å². The summed E-state index contributed by atoms with van der Waals surface area (Å²) >= 11 is 9.20. The maximum absolute atomic E-state index is 9.97. The third-order valence-electron chi connectivity index (χ3n) is 5.66. The number of benzene rings is 3. The van der Waals surface area contributed by atoms with Crippen molar-refractivity contribution in [3.8, 4) is 11.1 Å². The minimum absolute atomic E-state index is 0.484. The largest absolute Gasteiger partial charge is 0.432 e. The Kier molecular flexibility index (Phi) is 8.13. The lowest BCUT2D eigenvalue weighted by atomic mass is 9.88. The van der Waals surface area contributed by atoms with Crippen LogP contribution < -0.4 is 0 Å². The Morgan fingerprint density at radius 2 is 1.34 bits per heavy atom. The molecule has 2 aromatic heterocycles. The number of hydrogen-bond donors (Lipinski definition) is 2. The lowest BCUT2D eigenvalue weighted by molar-refractivity contribution is 0.565. The molecule has 0 amide bonds. The molecule has 0 saturated carbocycles. The molecule has 10 heteroatoms. The molecular weight excluding hydrogens is 683 g/mol. The highest BCUT2D eigenvalue weighted by Crippen LogP contribution is 2.37. The monoisotopic (exact) mass is 701 g/mol. The molecule has 0 saturated heterocycles. The van der Waals surface area contributed by atoms with Gasteiger partial charge < -0.3 is 19.0 Å². The van der Waals surface area contributed by atoms with Crippen molar-refractivity contribution in [3.63, 3.8) is 0 Å². The standard InChI is InChI=1S/C16H12BBrN2O.C9H8BBrINO/c1-17(21)20-10-14(12-5-3-4-6-15(12)19-2)13-9-11(18)7-8-16(13)20;1-10(14)13-5-8(12)7-4-6(11)2-3-9(7)13/h3-10,21H,1H3;2-5,14H,1H3. The fourth-order valence-electron chi connectivity index (χ4n) is 4.05. The third kappa shape index (κ3) is 5.39. The van der Waals surface area contributed by atoms with Crippen molar-refractivity contribution >= 4 is 96.0 Å². The highest BCUT2D eigenvalue weighted by Gasteiger charge is 2.17. The molecule has 0 atom stereocenters. The van der Waals surface area contributed by atoms with Gasteiger partial charge in [0.05, 0.1) is 6.57 Å². The Labute approximate surface area is 235 Å². The first-order valence-corrected chi connectivity index (χ1v) is 13.5. The van der Waals surface area contributed by atoms with Gasteiger partial charge in [-0.25, -0.2) is 4.85 Å². The molecule has 0 unspecified atom stereocenters. The van der Waals surface area contributed by atoms with Gasteiger partial charge >= 0.3 is 14.1 Å². The Hall–Kier alpha value is -2.03. The van der Waals surface area contributed by atoms with Crippen LogP contribution in [-0.2, 0) is 0 Å². The molecular formula is C25H20B2Br2IN3O2. The van der Waals surface area contributed by atoms with E-state index in [0.717, 1.165) is 40.1 Å². The molecule has 5 nitrogen and oxygen atoms in total. The number of halogens is 3. The number of nitrogens with zero attached hydrogens (tertiary/aromatic N) is 3. The Morgan fingerprint density at radius 1 is 0.800 bits per heavy atom. The fourth-order valence-corrected chi connectivity index (χ4v) is 5.50. The summed E-state index contributed by atoms with van der Waals surface area (Å²) in [6, 6.07) is 19.5. The van der Waals surface area contributed by atoms with Gasteiger partial charge in [-0.1, -0.05) is 56.1 Å². The number of para-hydroxylation sites is 1. The van der Waals surface area contributed by atoms with Gasteiger partial charge in [0.2, 0.25) is 0 Å². The first-order chi connectivity index (χ1) is 16.7. The molecule has 0 radical (unpaired) electrons. The van der Waals surface area contributed by atoms with Gasteiger partial charge in [-0.3, -0.25) is 0 Å². The summed E-state index contributed by atoms with van der Waals surface area (Å²) in [5.74, 6) is 0. The molecule has 35 heavy (non-hydrogen) atoms. The zero-order valence-electron chi connectivity index (χ0n) is 19.0. The van der Waals surface area contributed by atoms with Crippen molar-refractivity contribution < 1.29 is 10.0 Å². The molecule has 0 bridgehead atoms. The van der Waals surface area contributed by atoms with E-state index < -0.39 is 14.1 Å². The van der Waals surface area contributed by atoms with Gasteiger partial charge in [0, 0.05) is 46.7 Å². The summed E-state index contributed by atoms with van der Waals surface area (Å²) in [6.45, 7) is 10.8. The van der Waals surface area contributed by atoms with Gasteiger partial charge in [-0.05, 0) is 83.8 Å². The smallest absolute Gasteiger partial charge is 0.413 e. The van der Waals surface area contributed by atoms with Gasteiger partial charge in [-0.2, -0.15) is 0 Å². The Bertz CT molecular complexity index is 1570. The van der Waals surface area contributed by atoms with Crippen molar-refractivity contribution in [2.75, 3.05) is 0 Å². The van der Waals surface area contributed by atoms with E-state index in [1.807, 2.05) is 75.9 Å². The maximum atomic E-state index is 9.97. The van der Waals surface area contributed by atoms with E-state index in [0.29, 0.717) is 5.69 Å². The summed E-state index contributed by atoms with van der Waals surface area (Å²) in [5.41, 5.74) is 4.46. The summed E-state index contributed by atoms with van der Waals surface area (Å²) in [5, 5.41) is 21.7. The predicted molar refractivity (Wildman–Crippen MR) is 162 cm³/mol. The minimum Gasteiger partial charge on any atom is -0.432 e. The Morgan fingerprint density at radius 3 is 1.94 bits per heavy atom. The highest BCUT2D eigenvalue weighted by molar-refractivity contribution is 14.1. The lowest BCUT2D eigenvalue weighted by Gasteiger charge is -2.03. The summed E-state index contributed by atoms with van der Waals surface area (Å²) in [6.07, 6.45) is 3.87. The minimum atomic E-state index is -0.623. The zero-order chi connectivity index (χ0) is 25.3. The van der Waals surface area contributed by atoms with Gasteiger partial charge in [0.25, 0.3) is 0 Å². The molecule has 2 heterocycles. The molecule has 0 spiro atoms. The average Bonchev–Trinajstić information content (AvgIpc) is 3.37. The SMILES string of the molecule is CB(O)n1cc(I)c2cc(Br)ccc21.[C-]#[N+]c1ccccc1-c1cn(B(C)O)c2ccc(Br)cc12. The van der Waals surface area contributed by atoms with E-state index in [-0.39, 0.29) is 0 Å². The summed E-state index contributed by atoms with van der Waals surface area (Å²) in [4.78, 5) is 3.60. The van der Waals surface area contributed by atoms with Crippen LogP contribution in [0.15, 0.2) is 82.0 Å². The number of rotatable bonds is 3. The maximum Gasteiger partial charge on any atom is 0.413 e. The first kappa shape index (κ1) is 26.0. The van der Waals surface area contributed by atoms with E-state index in [4.69, 9.17) is 6.57 Å². The van der Waals surface area contributed by atoms with Gasteiger partial charge in [-0.15, -0.1) is 0 Å². The van der Waals surface area contributed by atoms with Crippen molar-refractivity contribution in [3.05, 3.63) is 97.0 Å². The molecule has 0 aliphatic heterocycles. The van der Waals surface area contributed by atoms with Crippen LogP contribution in [0.1, 0.15) is 0 Å². The van der Waals surface area contributed by atoms with E-state index in [2.05, 4.69) is 65.4 Å². The quantitative estimate of drug-likeness (QED) is 0.116. The van der Waals surface area contributed by atoms with Gasteiger partial charge in [0.15, 0.2) is 5.69 Å².